The molecule has 0 aromatic rings. The van der Waals surface area contributed by atoms with E-state index in [1.54, 1.807) is 0 Å². The van der Waals surface area contributed by atoms with E-state index >= 15 is 0 Å². The smallest absolute Gasteiger partial charge is 0.0149 e. The van der Waals surface area contributed by atoms with Crippen molar-refractivity contribution in [2.24, 2.45) is 0 Å². The first-order valence-corrected chi connectivity index (χ1v) is 3.55. The summed E-state index contributed by atoms with van der Waals surface area (Å²) in [5.74, 6) is 1.27. The number of thioether (sulfide) groups is 1. The van der Waals surface area contributed by atoms with Gasteiger partial charge in [-0.15, -0.1) is 11.8 Å². The summed E-state index contributed by atoms with van der Waals surface area (Å²) in [5.41, 5.74) is 0. The van der Waals surface area contributed by atoms with E-state index in [9.17, 15) is 0 Å². The molecule has 0 aromatic heterocycles. The Hall–Kier alpha value is -0.110. The Labute approximate surface area is 48.2 Å². The first kappa shape index (κ1) is 5.04. The van der Waals surface area contributed by atoms with E-state index in [4.69, 9.17) is 0 Å². The molecule has 0 aromatic carbocycles. The molecule has 0 saturated heterocycles. The van der Waals surface area contributed by atoms with Crippen LogP contribution in [0.2, 0.25) is 0 Å². The van der Waals surface area contributed by atoms with Gasteiger partial charge in [0.2, 0.25) is 0 Å². The summed E-state index contributed by atoms with van der Waals surface area (Å²) in [7, 11) is 0. The van der Waals surface area contributed by atoms with Gasteiger partial charge in [0.15, 0.2) is 0 Å². The highest BCUT2D eigenvalue weighted by molar-refractivity contribution is 8.02. The lowest BCUT2D eigenvalue weighted by Gasteiger charge is -1.90. The maximum Gasteiger partial charge on any atom is 0.0149 e. The summed E-state index contributed by atoms with van der Waals surface area (Å²) < 4.78 is 0. The van der Waals surface area contributed by atoms with Gasteiger partial charge in [0.05, 0.1) is 0 Å². The maximum absolute atomic E-state index is 3.15. The molecule has 1 rings (SSSR count). The Bertz CT molecular complexity index is 62.5. The zero-order valence-electron chi connectivity index (χ0n) is 4.18. The van der Waals surface area contributed by atoms with Gasteiger partial charge in [-0.1, -0.05) is 0 Å². The van der Waals surface area contributed by atoms with Crippen LogP contribution in [0.4, 0.5) is 0 Å². The molecule has 0 amide bonds. The van der Waals surface area contributed by atoms with E-state index in [2.05, 4.69) is 10.7 Å². The molecular weight excluding hydrogens is 106 g/mol. The Morgan fingerprint density at radius 1 is 1.57 bits per heavy atom. The zero-order chi connectivity index (χ0) is 4.95. The molecule has 0 aliphatic carbocycles. The van der Waals surface area contributed by atoms with E-state index in [1.807, 2.05) is 18.0 Å². The molecule has 0 radical (unpaired) electrons. The van der Waals surface area contributed by atoms with Gasteiger partial charge in [0.1, 0.15) is 0 Å². The molecule has 2 heteroatoms. The van der Waals surface area contributed by atoms with Crippen LogP contribution < -0.4 is 5.32 Å². The van der Waals surface area contributed by atoms with Gasteiger partial charge >= 0.3 is 0 Å². The predicted octanol–water partition coefficient (Wildman–Crippen LogP) is 1.18. The van der Waals surface area contributed by atoms with Crippen molar-refractivity contribution in [1.29, 1.82) is 0 Å². The summed E-state index contributed by atoms with van der Waals surface area (Å²) in [6, 6.07) is 0. The summed E-state index contributed by atoms with van der Waals surface area (Å²) >= 11 is 1.87. The van der Waals surface area contributed by atoms with Gasteiger partial charge in [0.25, 0.3) is 0 Å². The highest BCUT2D eigenvalue weighted by Crippen LogP contribution is 2.04. The Morgan fingerprint density at radius 2 is 2.57 bits per heavy atom. The molecule has 1 aliphatic heterocycles. The van der Waals surface area contributed by atoms with E-state index in [-0.39, 0.29) is 0 Å². The minimum atomic E-state index is 1.14. The van der Waals surface area contributed by atoms with Crippen molar-refractivity contribution in [1.82, 2.24) is 5.32 Å². The van der Waals surface area contributed by atoms with Crippen molar-refractivity contribution in [2.75, 3.05) is 12.3 Å². The third-order valence-electron chi connectivity index (χ3n) is 0.865. The van der Waals surface area contributed by atoms with Gasteiger partial charge < -0.3 is 5.32 Å². The highest BCUT2D eigenvalue weighted by atomic mass is 32.2. The fourth-order valence-electron chi connectivity index (χ4n) is 0.505. The third kappa shape index (κ3) is 1.88. The molecular formula is C5H9NS. The Morgan fingerprint density at radius 3 is 3.57 bits per heavy atom. The molecule has 7 heavy (non-hydrogen) atoms. The van der Waals surface area contributed by atoms with Gasteiger partial charge in [-0.25, -0.2) is 0 Å². The van der Waals surface area contributed by atoms with Crippen LogP contribution in [0.15, 0.2) is 11.6 Å². The van der Waals surface area contributed by atoms with Crippen molar-refractivity contribution in [2.45, 2.75) is 6.42 Å². The van der Waals surface area contributed by atoms with E-state index in [0.717, 1.165) is 6.54 Å². The van der Waals surface area contributed by atoms with Crippen LogP contribution in [0.5, 0.6) is 0 Å². The first-order valence-electron chi connectivity index (χ1n) is 2.50. The predicted molar refractivity (Wildman–Crippen MR) is 34.2 cm³/mol. The monoisotopic (exact) mass is 115 g/mol. The fraction of sp³-hybridized carbons (Fsp3) is 0.600. The fourth-order valence-corrected chi connectivity index (χ4v) is 1.14. The Balaban J connectivity index is 2.20. The van der Waals surface area contributed by atoms with Crippen LogP contribution >= 0.6 is 11.8 Å². The lowest BCUT2D eigenvalue weighted by atomic mass is 10.5. The lowest BCUT2D eigenvalue weighted by molar-refractivity contribution is 0.823. The zero-order valence-corrected chi connectivity index (χ0v) is 5.00. The topological polar surface area (TPSA) is 12.0 Å². The van der Waals surface area contributed by atoms with Crippen molar-refractivity contribution in [3.63, 3.8) is 0 Å². The second-order valence-corrected chi connectivity index (χ2v) is 2.49. The molecule has 0 atom stereocenters. The minimum Gasteiger partial charge on any atom is -0.390 e. The van der Waals surface area contributed by atoms with Crippen molar-refractivity contribution in [3.8, 4) is 0 Å². The van der Waals surface area contributed by atoms with Crippen LogP contribution in [-0.2, 0) is 0 Å². The summed E-state index contributed by atoms with van der Waals surface area (Å²) in [5, 5.41) is 5.25. The minimum absolute atomic E-state index is 1.14. The molecule has 1 aliphatic rings. The molecule has 0 unspecified atom stereocenters. The third-order valence-corrected chi connectivity index (χ3v) is 1.72. The Kier molecular flexibility index (Phi) is 2.13. The van der Waals surface area contributed by atoms with Gasteiger partial charge in [-0.2, -0.15) is 0 Å². The molecule has 0 spiro atoms. The lowest BCUT2D eigenvalue weighted by Crippen LogP contribution is -2.04. The largest absolute Gasteiger partial charge is 0.390 e. The van der Waals surface area contributed by atoms with Crippen LogP contribution in [0.25, 0.3) is 0 Å². The number of rotatable bonds is 0. The van der Waals surface area contributed by atoms with Crippen molar-refractivity contribution < 1.29 is 0 Å². The number of hydrogen-bond donors (Lipinski definition) is 1. The van der Waals surface area contributed by atoms with Crippen LogP contribution in [0, 0.1) is 0 Å². The molecule has 1 heterocycles. The number of nitrogens with one attached hydrogen (secondary N) is 1. The van der Waals surface area contributed by atoms with Gasteiger partial charge in [-0.3, -0.25) is 0 Å². The summed E-state index contributed by atoms with van der Waals surface area (Å²) in [6.07, 6.45) is 3.30. The average Bonchev–Trinajstić information content (AvgIpc) is 1.90. The molecule has 1 N–H and O–H groups in total. The van der Waals surface area contributed by atoms with Crippen LogP contribution in [-0.4, -0.2) is 12.3 Å². The quantitative estimate of drug-likeness (QED) is 0.509. The van der Waals surface area contributed by atoms with Crippen molar-refractivity contribution in [3.05, 3.63) is 11.6 Å². The van der Waals surface area contributed by atoms with E-state index in [1.165, 1.54) is 12.2 Å². The highest BCUT2D eigenvalue weighted by Gasteiger charge is 1.87. The average molecular weight is 115 g/mol. The maximum atomic E-state index is 3.15. The van der Waals surface area contributed by atoms with E-state index in [0.29, 0.717) is 0 Å². The van der Waals surface area contributed by atoms with Crippen molar-refractivity contribution >= 4 is 11.8 Å². The first-order chi connectivity index (χ1) is 3.50. The second-order valence-electron chi connectivity index (χ2n) is 1.48. The normalized spacial score (nSPS) is 20.6. The van der Waals surface area contributed by atoms with Crippen LogP contribution in [0.1, 0.15) is 6.42 Å². The summed E-state index contributed by atoms with van der Waals surface area (Å²) in [6.45, 7) is 1.14. The van der Waals surface area contributed by atoms with Gasteiger partial charge in [0, 0.05) is 12.7 Å². The SMILES string of the molecule is C1=CSCCCN1. The molecule has 1 nitrogen and oxygen atoms in total. The standard InChI is InChI=1S/C5H9NS/c1-2-6-3-5-7-4-1/h3,5-6H,1-2,4H2. The second kappa shape index (κ2) is 2.97. The summed E-state index contributed by atoms with van der Waals surface area (Å²) in [4.78, 5) is 0. The molecule has 0 fully saturated rings. The molecule has 0 saturated carbocycles. The number of hydrogen-bond acceptors (Lipinski definition) is 2. The molecule has 0 bridgehead atoms. The van der Waals surface area contributed by atoms with Crippen LogP contribution in [0.3, 0.4) is 0 Å². The van der Waals surface area contributed by atoms with E-state index < -0.39 is 0 Å². The molecule has 40 valence electrons. The van der Waals surface area contributed by atoms with Gasteiger partial charge in [-0.05, 0) is 17.6 Å².